The van der Waals surface area contributed by atoms with Gasteiger partial charge in [-0.25, -0.2) is 0 Å². The first-order valence-electron chi connectivity index (χ1n) is 3.98. The Morgan fingerprint density at radius 3 is 2.64 bits per heavy atom. The molecule has 1 unspecified atom stereocenters. The maximum atomic E-state index is 8.40. The molecule has 0 aliphatic carbocycles. The molecule has 0 saturated heterocycles. The van der Waals surface area contributed by atoms with E-state index in [1.54, 1.807) is 0 Å². The van der Waals surface area contributed by atoms with Crippen molar-refractivity contribution in [3.8, 4) is 6.07 Å². The average Bonchev–Trinajstić information content (AvgIpc) is 2.03. The lowest BCUT2D eigenvalue weighted by molar-refractivity contribution is 0.194. The minimum absolute atomic E-state index is 0.356. The minimum Gasteiger partial charge on any atom is -0.497 e. The molecule has 0 bridgehead atoms. The van der Waals surface area contributed by atoms with Crippen LogP contribution in [0.5, 0.6) is 0 Å². The lowest BCUT2D eigenvalue weighted by Gasteiger charge is -2.12. The molecule has 0 aromatic rings. The quantitative estimate of drug-likeness (QED) is 0.459. The number of hydrogen-bond acceptors (Lipinski definition) is 2. The Balaban J connectivity index is 4.12. The lowest BCUT2D eigenvalue weighted by atomic mass is 10.1. The molecule has 0 spiro atoms. The van der Waals surface area contributed by atoms with Gasteiger partial charge in [0.15, 0.2) is 0 Å². The number of allylic oxidation sites excluding steroid dienone is 2. The second kappa shape index (κ2) is 5.79. The Bertz CT molecular complexity index is 167. The predicted octanol–water partition coefficient (Wildman–Crippen LogP) is 2.48. The number of hydrogen-bond donors (Lipinski definition) is 0. The summed E-state index contributed by atoms with van der Waals surface area (Å²) in [5.41, 5.74) is 0. The third kappa shape index (κ3) is 3.67. The highest BCUT2D eigenvalue weighted by atomic mass is 16.5. The molecule has 0 N–H and O–H groups in total. The first-order chi connectivity index (χ1) is 5.26. The van der Waals surface area contributed by atoms with Crippen LogP contribution in [0.25, 0.3) is 0 Å². The standard InChI is InChI=1S/C9H15NO/c1-4-8(3)9(6-7-10)11-5-2/h6,8H,4-5H2,1-3H3/b9-6-. The van der Waals surface area contributed by atoms with E-state index in [1.807, 2.05) is 13.0 Å². The van der Waals surface area contributed by atoms with Crippen molar-refractivity contribution in [2.75, 3.05) is 6.61 Å². The highest BCUT2D eigenvalue weighted by Gasteiger charge is 2.05. The molecule has 2 heteroatoms. The van der Waals surface area contributed by atoms with Gasteiger partial charge >= 0.3 is 0 Å². The minimum atomic E-state index is 0.356. The number of ether oxygens (including phenoxy) is 1. The summed E-state index contributed by atoms with van der Waals surface area (Å²) in [6.45, 7) is 6.69. The van der Waals surface area contributed by atoms with Crippen molar-refractivity contribution in [2.45, 2.75) is 27.2 Å². The molecule has 0 fully saturated rings. The van der Waals surface area contributed by atoms with Crippen molar-refractivity contribution >= 4 is 0 Å². The molecule has 2 nitrogen and oxygen atoms in total. The van der Waals surface area contributed by atoms with E-state index in [0.29, 0.717) is 12.5 Å². The molecule has 0 aromatic heterocycles. The largest absolute Gasteiger partial charge is 0.497 e. The van der Waals surface area contributed by atoms with Crippen molar-refractivity contribution in [1.82, 2.24) is 0 Å². The zero-order valence-electron chi connectivity index (χ0n) is 7.42. The lowest BCUT2D eigenvalue weighted by Crippen LogP contribution is -2.02. The van der Waals surface area contributed by atoms with Crippen molar-refractivity contribution in [1.29, 1.82) is 5.26 Å². The summed E-state index contributed by atoms with van der Waals surface area (Å²) in [5.74, 6) is 1.16. The molecular formula is C9H15NO. The Labute approximate surface area is 68.5 Å². The van der Waals surface area contributed by atoms with Crippen LogP contribution in [-0.2, 0) is 4.74 Å². The summed E-state index contributed by atoms with van der Waals surface area (Å²) < 4.78 is 5.27. The molecule has 62 valence electrons. The van der Waals surface area contributed by atoms with Gasteiger partial charge in [0.1, 0.15) is 5.76 Å². The van der Waals surface area contributed by atoms with Gasteiger partial charge in [-0.3, -0.25) is 0 Å². The molecule has 0 rings (SSSR count). The Hall–Kier alpha value is -0.970. The number of nitrogens with zero attached hydrogens (tertiary/aromatic N) is 1. The van der Waals surface area contributed by atoms with Gasteiger partial charge in [-0.1, -0.05) is 13.8 Å². The van der Waals surface area contributed by atoms with E-state index in [2.05, 4.69) is 13.8 Å². The second-order valence-corrected chi connectivity index (χ2v) is 2.42. The molecule has 0 amide bonds. The van der Waals surface area contributed by atoms with Crippen LogP contribution in [0.15, 0.2) is 11.8 Å². The molecule has 1 atom stereocenters. The summed E-state index contributed by atoms with van der Waals surface area (Å²) in [6, 6.07) is 1.98. The van der Waals surface area contributed by atoms with E-state index in [1.165, 1.54) is 6.08 Å². The van der Waals surface area contributed by atoms with Crippen LogP contribution in [0.2, 0.25) is 0 Å². The smallest absolute Gasteiger partial charge is 0.109 e. The van der Waals surface area contributed by atoms with Gasteiger partial charge in [-0.05, 0) is 13.3 Å². The molecule has 0 heterocycles. The number of nitriles is 1. The van der Waals surface area contributed by atoms with Gasteiger partial charge in [0.25, 0.3) is 0 Å². The Morgan fingerprint density at radius 2 is 2.27 bits per heavy atom. The van der Waals surface area contributed by atoms with Crippen LogP contribution in [0, 0.1) is 17.2 Å². The molecule has 11 heavy (non-hydrogen) atoms. The van der Waals surface area contributed by atoms with Gasteiger partial charge in [-0.2, -0.15) is 5.26 Å². The first-order valence-corrected chi connectivity index (χ1v) is 3.98. The van der Waals surface area contributed by atoms with Gasteiger partial charge < -0.3 is 4.74 Å². The first kappa shape index (κ1) is 10.0. The van der Waals surface area contributed by atoms with Crippen molar-refractivity contribution < 1.29 is 4.74 Å². The maximum Gasteiger partial charge on any atom is 0.109 e. The molecule has 0 aliphatic rings. The SMILES string of the molecule is CCO/C(=C\C#N)C(C)CC. The fraction of sp³-hybridized carbons (Fsp3) is 0.667. The second-order valence-electron chi connectivity index (χ2n) is 2.42. The van der Waals surface area contributed by atoms with Crippen molar-refractivity contribution in [3.05, 3.63) is 11.8 Å². The van der Waals surface area contributed by atoms with Crippen LogP contribution >= 0.6 is 0 Å². The highest BCUT2D eigenvalue weighted by molar-refractivity contribution is 5.10. The van der Waals surface area contributed by atoms with E-state index < -0.39 is 0 Å². The maximum absolute atomic E-state index is 8.40. The van der Waals surface area contributed by atoms with Crippen LogP contribution in [0.3, 0.4) is 0 Å². The van der Waals surface area contributed by atoms with Crippen LogP contribution in [0.4, 0.5) is 0 Å². The molecular weight excluding hydrogens is 138 g/mol. The van der Waals surface area contributed by atoms with E-state index in [4.69, 9.17) is 10.00 Å². The molecule has 0 radical (unpaired) electrons. The van der Waals surface area contributed by atoms with Crippen LogP contribution in [-0.4, -0.2) is 6.61 Å². The average molecular weight is 153 g/mol. The third-order valence-electron chi connectivity index (χ3n) is 1.62. The number of rotatable bonds is 4. The molecule has 0 saturated carbocycles. The van der Waals surface area contributed by atoms with Crippen LogP contribution in [0.1, 0.15) is 27.2 Å². The zero-order valence-corrected chi connectivity index (χ0v) is 7.42. The topological polar surface area (TPSA) is 33.0 Å². The normalized spacial score (nSPS) is 13.8. The summed E-state index contributed by atoms with van der Waals surface area (Å²) in [4.78, 5) is 0. The Morgan fingerprint density at radius 1 is 1.64 bits per heavy atom. The predicted molar refractivity (Wildman–Crippen MR) is 44.8 cm³/mol. The van der Waals surface area contributed by atoms with E-state index in [9.17, 15) is 0 Å². The third-order valence-corrected chi connectivity index (χ3v) is 1.62. The van der Waals surface area contributed by atoms with Crippen LogP contribution < -0.4 is 0 Å². The monoisotopic (exact) mass is 153 g/mol. The summed E-state index contributed by atoms with van der Waals surface area (Å²) in [5, 5.41) is 8.40. The summed E-state index contributed by atoms with van der Waals surface area (Å²) in [7, 11) is 0. The van der Waals surface area contributed by atoms with Crippen molar-refractivity contribution in [2.24, 2.45) is 5.92 Å². The Kier molecular flexibility index (Phi) is 5.28. The fourth-order valence-electron chi connectivity index (χ4n) is 0.758. The van der Waals surface area contributed by atoms with Gasteiger partial charge in [0, 0.05) is 5.92 Å². The van der Waals surface area contributed by atoms with Crippen molar-refractivity contribution in [3.63, 3.8) is 0 Å². The fourth-order valence-corrected chi connectivity index (χ4v) is 0.758. The summed E-state index contributed by atoms with van der Waals surface area (Å²) in [6.07, 6.45) is 2.49. The van der Waals surface area contributed by atoms with Gasteiger partial charge in [0.05, 0.1) is 18.8 Å². The summed E-state index contributed by atoms with van der Waals surface area (Å²) >= 11 is 0. The van der Waals surface area contributed by atoms with E-state index >= 15 is 0 Å². The van der Waals surface area contributed by atoms with E-state index in [0.717, 1.165) is 12.2 Å². The van der Waals surface area contributed by atoms with E-state index in [-0.39, 0.29) is 0 Å². The van der Waals surface area contributed by atoms with Gasteiger partial charge in [-0.15, -0.1) is 0 Å². The molecule has 0 aromatic carbocycles. The molecule has 0 aliphatic heterocycles. The highest BCUT2D eigenvalue weighted by Crippen LogP contribution is 2.14. The van der Waals surface area contributed by atoms with Gasteiger partial charge in [0.2, 0.25) is 0 Å². The zero-order chi connectivity index (χ0) is 8.69.